The quantitative estimate of drug-likeness (QED) is 0.634. The van der Waals surface area contributed by atoms with Gasteiger partial charge in [-0.25, -0.2) is 4.98 Å². The third-order valence-electron chi connectivity index (χ3n) is 3.46. The third-order valence-corrected chi connectivity index (χ3v) is 3.77. The van der Waals surface area contributed by atoms with Gasteiger partial charge in [0.2, 0.25) is 0 Å². The summed E-state index contributed by atoms with van der Waals surface area (Å²) in [5.74, 6) is 0.779. The lowest BCUT2D eigenvalue weighted by atomic mass is 10.1. The summed E-state index contributed by atoms with van der Waals surface area (Å²) >= 11 is 6.03. The van der Waals surface area contributed by atoms with Crippen LogP contribution >= 0.6 is 11.6 Å². The van der Waals surface area contributed by atoms with Gasteiger partial charge in [-0.1, -0.05) is 37.3 Å². The number of anilines is 1. The van der Waals surface area contributed by atoms with E-state index in [4.69, 9.17) is 11.6 Å². The van der Waals surface area contributed by atoms with Crippen molar-refractivity contribution < 1.29 is 0 Å². The molecule has 0 saturated heterocycles. The molecule has 100 valence electrons. The molecule has 0 radical (unpaired) electrons. The van der Waals surface area contributed by atoms with Crippen molar-refractivity contribution in [1.82, 2.24) is 10.3 Å². The van der Waals surface area contributed by atoms with Crippen LogP contribution in [0.25, 0.3) is 0 Å². The number of nitrogens with one attached hydrogen (secondary N) is 2. The molecule has 1 aliphatic rings. The van der Waals surface area contributed by atoms with E-state index in [9.17, 15) is 0 Å². The van der Waals surface area contributed by atoms with Gasteiger partial charge in [0.1, 0.15) is 5.82 Å². The Bertz CT molecular complexity index is 349. The topological polar surface area (TPSA) is 37.0 Å². The van der Waals surface area contributed by atoms with Crippen LogP contribution < -0.4 is 10.6 Å². The lowest BCUT2D eigenvalue weighted by Gasteiger charge is -2.16. The lowest BCUT2D eigenvalue weighted by molar-refractivity contribution is 0.468. The molecule has 0 amide bonds. The van der Waals surface area contributed by atoms with Crippen molar-refractivity contribution in [1.29, 1.82) is 0 Å². The summed E-state index contributed by atoms with van der Waals surface area (Å²) in [7, 11) is 0. The standard InChI is InChI=1S/C14H22ClN3/c15-13-8-5-9-17-14(13)18-11-10-16-12-6-3-1-2-4-7-12/h5,8-9,12,16H,1-4,6-7,10-11H2,(H,17,18). The molecule has 18 heavy (non-hydrogen) atoms. The predicted molar refractivity (Wildman–Crippen MR) is 77.2 cm³/mol. The molecule has 0 bridgehead atoms. The average Bonchev–Trinajstić information content (AvgIpc) is 2.65. The van der Waals surface area contributed by atoms with E-state index in [-0.39, 0.29) is 0 Å². The number of rotatable bonds is 5. The SMILES string of the molecule is Clc1cccnc1NCCNC1CCCCCC1. The summed E-state index contributed by atoms with van der Waals surface area (Å²) < 4.78 is 0. The zero-order valence-electron chi connectivity index (χ0n) is 10.8. The van der Waals surface area contributed by atoms with Crippen molar-refractivity contribution in [2.24, 2.45) is 0 Å². The van der Waals surface area contributed by atoms with Gasteiger partial charge in [-0.3, -0.25) is 0 Å². The van der Waals surface area contributed by atoms with Gasteiger partial charge in [0.15, 0.2) is 0 Å². The molecule has 2 rings (SSSR count). The van der Waals surface area contributed by atoms with Crippen molar-refractivity contribution in [3.63, 3.8) is 0 Å². The second-order valence-corrected chi connectivity index (χ2v) is 5.31. The fraction of sp³-hybridized carbons (Fsp3) is 0.643. The normalized spacial score (nSPS) is 17.4. The maximum atomic E-state index is 6.03. The highest BCUT2D eigenvalue weighted by Gasteiger charge is 2.10. The van der Waals surface area contributed by atoms with Gasteiger partial charge in [-0.15, -0.1) is 0 Å². The lowest BCUT2D eigenvalue weighted by Crippen LogP contribution is -2.32. The number of aromatic nitrogens is 1. The fourth-order valence-electron chi connectivity index (χ4n) is 2.46. The molecule has 1 heterocycles. The second kappa shape index (κ2) is 7.59. The highest BCUT2D eigenvalue weighted by atomic mass is 35.5. The van der Waals surface area contributed by atoms with Gasteiger partial charge in [0, 0.05) is 25.3 Å². The summed E-state index contributed by atoms with van der Waals surface area (Å²) in [6, 6.07) is 4.40. The molecular weight excluding hydrogens is 246 g/mol. The average molecular weight is 268 g/mol. The van der Waals surface area contributed by atoms with Gasteiger partial charge < -0.3 is 10.6 Å². The van der Waals surface area contributed by atoms with Crippen molar-refractivity contribution in [3.05, 3.63) is 23.4 Å². The van der Waals surface area contributed by atoms with E-state index in [1.165, 1.54) is 38.5 Å². The Morgan fingerprint density at radius 1 is 1.17 bits per heavy atom. The molecule has 1 aromatic rings. The van der Waals surface area contributed by atoms with Crippen molar-refractivity contribution in [2.75, 3.05) is 18.4 Å². The van der Waals surface area contributed by atoms with Gasteiger partial charge in [0.25, 0.3) is 0 Å². The van der Waals surface area contributed by atoms with E-state index in [1.807, 2.05) is 12.1 Å². The van der Waals surface area contributed by atoms with Gasteiger partial charge in [-0.2, -0.15) is 0 Å². The Labute approximate surface area is 114 Å². The second-order valence-electron chi connectivity index (χ2n) is 4.90. The molecule has 1 fully saturated rings. The smallest absolute Gasteiger partial charge is 0.144 e. The monoisotopic (exact) mass is 267 g/mol. The molecule has 0 spiro atoms. The number of pyridine rings is 1. The van der Waals surface area contributed by atoms with Crippen molar-refractivity contribution in [2.45, 2.75) is 44.6 Å². The number of nitrogens with zero attached hydrogens (tertiary/aromatic N) is 1. The highest BCUT2D eigenvalue weighted by Crippen LogP contribution is 2.18. The van der Waals surface area contributed by atoms with E-state index in [2.05, 4.69) is 15.6 Å². The molecule has 1 aliphatic carbocycles. The van der Waals surface area contributed by atoms with Crippen LogP contribution in [0.3, 0.4) is 0 Å². The molecule has 1 aromatic heterocycles. The Kier molecular flexibility index (Phi) is 5.75. The first-order valence-corrected chi connectivity index (χ1v) is 7.32. The van der Waals surface area contributed by atoms with E-state index in [0.717, 1.165) is 18.9 Å². The first kappa shape index (κ1) is 13.6. The summed E-state index contributed by atoms with van der Waals surface area (Å²) in [4.78, 5) is 4.21. The molecule has 0 aromatic carbocycles. The Hall–Kier alpha value is -0.800. The Morgan fingerprint density at radius 2 is 1.94 bits per heavy atom. The first-order valence-electron chi connectivity index (χ1n) is 6.94. The maximum absolute atomic E-state index is 6.03. The minimum atomic E-state index is 0.687. The summed E-state index contributed by atoms with van der Waals surface area (Å²) in [6.07, 6.45) is 9.95. The molecule has 0 aliphatic heterocycles. The van der Waals surface area contributed by atoms with E-state index < -0.39 is 0 Å². The minimum absolute atomic E-state index is 0.687. The minimum Gasteiger partial charge on any atom is -0.368 e. The Morgan fingerprint density at radius 3 is 2.67 bits per heavy atom. The van der Waals surface area contributed by atoms with Gasteiger partial charge in [-0.05, 0) is 25.0 Å². The van der Waals surface area contributed by atoms with Crippen LogP contribution in [-0.2, 0) is 0 Å². The van der Waals surface area contributed by atoms with E-state index in [1.54, 1.807) is 6.20 Å². The molecular formula is C14H22ClN3. The number of halogens is 1. The zero-order valence-corrected chi connectivity index (χ0v) is 11.5. The summed E-state index contributed by atoms with van der Waals surface area (Å²) in [5, 5.41) is 7.57. The van der Waals surface area contributed by atoms with Crippen LogP contribution in [0.1, 0.15) is 38.5 Å². The van der Waals surface area contributed by atoms with Crippen molar-refractivity contribution in [3.8, 4) is 0 Å². The largest absolute Gasteiger partial charge is 0.368 e. The highest BCUT2D eigenvalue weighted by molar-refractivity contribution is 6.32. The number of hydrogen-bond donors (Lipinski definition) is 2. The van der Waals surface area contributed by atoms with Gasteiger partial charge in [0.05, 0.1) is 5.02 Å². The summed E-state index contributed by atoms with van der Waals surface area (Å²) in [5.41, 5.74) is 0. The van der Waals surface area contributed by atoms with Crippen LogP contribution in [0.2, 0.25) is 5.02 Å². The zero-order chi connectivity index (χ0) is 12.6. The maximum Gasteiger partial charge on any atom is 0.144 e. The first-order chi connectivity index (χ1) is 8.86. The molecule has 0 unspecified atom stereocenters. The predicted octanol–water partition coefficient (Wildman–Crippen LogP) is 3.46. The molecule has 2 N–H and O–H groups in total. The van der Waals surface area contributed by atoms with E-state index >= 15 is 0 Å². The van der Waals surface area contributed by atoms with Crippen LogP contribution in [0.4, 0.5) is 5.82 Å². The van der Waals surface area contributed by atoms with Gasteiger partial charge >= 0.3 is 0 Å². The molecule has 0 atom stereocenters. The fourth-order valence-corrected chi connectivity index (χ4v) is 2.64. The van der Waals surface area contributed by atoms with Crippen LogP contribution in [0, 0.1) is 0 Å². The summed E-state index contributed by atoms with van der Waals surface area (Å²) in [6.45, 7) is 1.84. The molecule has 1 saturated carbocycles. The van der Waals surface area contributed by atoms with Crippen LogP contribution in [-0.4, -0.2) is 24.1 Å². The van der Waals surface area contributed by atoms with E-state index in [0.29, 0.717) is 11.1 Å². The van der Waals surface area contributed by atoms with Crippen LogP contribution in [0.5, 0.6) is 0 Å². The number of hydrogen-bond acceptors (Lipinski definition) is 3. The third kappa shape index (κ3) is 4.46. The molecule has 3 nitrogen and oxygen atoms in total. The molecule has 4 heteroatoms. The van der Waals surface area contributed by atoms with Crippen molar-refractivity contribution >= 4 is 17.4 Å². The van der Waals surface area contributed by atoms with Crippen LogP contribution in [0.15, 0.2) is 18.3 Å². The Balaban J connectivity index is 1.65.